The molecular formula is C15H20N4O. The number of ether oxygens (including phenoxy) is 1. The van der Waals surface area contributed by atoms with Gasteiger partial charge in [0.25, 0.3) is 0 Å². The standard InChI is InChI=1S/C15H20N4O/c1-4-20-12-7-5-6-11(8-12)17-14-9-13(16)18-15(19-14)10(2)3/h5-10H,4H2,1-3H3,(H3,16,17,18,19). The third kappa shape index (κ3) is 3.60. The molecule has 0 spiro atoms. The molecule has 5 nitrogen and oxygen atoms in total. The van der Waals surface area contributed by atoms with Gasteiger partial charge in [0.2, 0.25) is 0 Å². The highest BCUT2D eigenvalue weighted by Crippen LogP contribution is 2.22. The number of hydrogen-bond acceptors (Lipinski definition) is 5. The summed E-state index contributed by atoms with van der Waals surface area (Å²) in [6.45, 7) is 6.67. The molecule has 0 fully saturated rings. The number of aromatic nitrogens is 2. The molecule has 0 saturated heterocycles. The molecule has 1 aromatic carbocycles. The van der Waals surface area contributed by atoms with E-state index in [1.807, 2.05) is 45.0 Å². The van der Waals surface area contributed by atoms with Crippen molar-refractivity contribution in [1.82, 2.24) is 9.97 Å². The molecule has 0 atom stereocenters. The van der Waals surface area contributed by atoms with Crippen LogP contribution in [0.4, 0.5) is 17.3 Å². The minimum atomic E-state index is 0.230. The quantitative estimate of drug-likeness (QED) is 0.873. The van der Waals surface area contributed by atoms with Gasteiger partial charge < -0.3 is 15.8 Å². The van der Waals surface area contributed by atoms with Gasteiger partial charge in [-0.3, -0.25) is 0 Å². The molecule has 0 amide bonds. The molecule has 0 aliphatic carbocycles. The van der Waals surface area contributed by atoms with Crippen LogP contribution in [0.3, 0.4) is 0 Å². The number of nitrogens with zero attached hydrogens (tertiary/aromatic N) is 2. The summed E-state index contributed by atoms with van der Waals surface area (Å²) in [6.07, 6.45) is 0. The third-order valence-electron chi connectivity index (χ3n) is 2.70. The van der Waals surface area contributed by atoms with Gasteiger partial charge in [0, 0.05) is 23.7 Å². The van der Waals surface area contributed by atoms with Crippen LogP contribution >= 0.6 is 0 Å². The average Bonchev–Trinajstić information content (AvgIpc) is 2.38. The maximum absolute atomic E-state index is 5.81. The topological polar surface area (TPSA) is 73.1 Å². The fourth-order valence-electron chi connectivity index (χ4n) is 1.79. The van der Waals surface area contributed by atoms with Gasteiger partial charge >= 0.3 is 0 Å². The Kier molecular flexibility index (Phi) is 4.40. The number of nitrogens with one attached hydrogen (secondary N) is 1. The normalized spacial score (nSPS) is 10.6. The van der Waals surface area contributed by atoms with E-state index in [9.17, 15) is 0 Å². The Labute approximate surface area is 119 Å². The molecule has 20 heavy (non-hydrogen) atoms. The molecule has 0 radical (unpaired) electrons. The molecule has 0 unspecified atom stereocenters. The van der Waals surface area contributed by atoms with Crippen molar-refractivity contribution in [3.05, 3.63) is 36.2 Å². The second kappa shape index (κ2) is 6.23. The molecule has 2 aromatic rings. The van der Waals surface area contributed by atoms with Crippen LogP contribution in [-0.4, -0.2) is 16.6 Å². The molecular weight excluding hydrogens is 252 g/mol. The van der Waals surface area contributed by atoms with Crippen LogP contribution < -0.4 is 15.8 Å². The number of benzene rings is 1. The third-order valence-corrected chi connectivity index (χ3v) is 2.70. The summed E-state index contributed by atoms with van der Waals surface area (Å²) in [4.78, 5) is 8.68. The van der Waals surface area contributed by atoms with Crippen molar-refractivity contribution in [2.24, 2.45) is 0 Å². The van der Waals surface area contributed by atoms with Crippen molar-refractivity contribution >= 4 is 17.3 Å². The maximum atomic E-state index is 5.81. The molecule has 1 aromatic heterocycles. The molecule has 3 N–H and O–H groups in total. The van der Waals surface area contributed by atoms with E-state index in [0.29, 0.717) is 18.2 Å². The lowest BCUT2D eigenvalue weighted by Gasteiger charge is -2.11. The van der Waals surface area contributed by atoms with Crippen molar-refractivity contribution in [3.63, 3.8) is 0 Å². The van der Waals surface area contributed by atoms with Gasteiger partial charge in [-0.1, -0.05) is 19.9 Å². The van der Waals surface area contributed by atoms with Crippen LogP contribution in [-0.2, 0) is 0 Å². The highest BCUT2D eigenvalue weighted by atomic mass is 16.5. The maximum Gasteiger partial charge on any atom is 0.136 e. The Morgan fingerprint density at radius 2 is 2.05 bits per heavy atom. The zero-order chi connectivity index (χ0) is 14.5. The van der Waals surface area contributed by atoms with Gasteiger partial charge in [0.05, 0.1) is 6.61 Å². The Balaban J connectivity index is 2.23. The number of hydrogen-bond donors (Lipinski definition) is 2. The van der Waals surface area contributed by atoms with Crippen molar-refractivity contribution in [3.8, 4) is 5.75 Å². The summed E-state index contributed by atoms with van der Waals surface area (Å²) < 4.78 is 5.47. The van der Waals surface area contributed by atoms with Gasteiger partial charge in [-0.2, -0.15) is 0 Å². The molecule has 0 aliphatic heterocycles. The van der Waals surface area contributed by atoms with Gasteiger partial charge in [0.15, 0.2) is 0 Å². The van der Waals surface area contributed by atoms with E-state index in [4.69, 9.17) is 10.5 Å². The van der Waals surface area contributed by atoms with E-state index in [0.717, 1.165) is 17.3 Å². The first-order valence-electron chi connectivity index (χ1n) is 6.73. The molecule has 106 valence electrons. The minimum Gasteiger partial charge on any atom is -0.494 e. The molecule has 0 saturated carbocycles. The van der Waals surface area contributed by atoms with Crippen molar-refractivity contribution in [2.75, 3.05) is 17.7 Å². The molecule has 0 aliphatic rings. The lowest BCUT2D eigenvalue weighted by molar-refractivity contribution is 0.340. The molecule has 2 rings (SSSR count). The van der Waals surface area contributed by atoms with Crippen molar-refractivity contribution < 1.29 is 4.74 Å². The molecule has 1 heterocycles. The lowest BCUT2D eigenvalue weighted by atomic mass is 10.2. The summed E-state index contributed by atoms with van der Waals surface area (Å²) in [5.74, 6) is 2.94. The minimum absolute atomic E-state index is 0.230. The Bertz CT molecular complexity index is 584. The Hall–Kier alpha value is -2.30. The fraction of sp³-hybridized carbons (Fsp3) is 0.333. The summed E-state index contributed by atoms with van der Waals surface area (Å²) in [7, 11) is 0. The van der Waals surface area contributed by atoms with E-state index < -0.39 is 0 Å². The second-order valence-electron chi connectivity index (χ2n) is 4.78. The Morgan fingerprint density at radius 1 is 1.25 bits per heavy atom. The molecule has 0 bridgehead atoms. The smallest absolute Gasteiger partial charge is 0.136 e. The highest BCUT2D eigenvalue weighted by molar-refractivity contribution is 5.60. The zero-order valence-electron chi connectivity index (χ0n) is 12.1. The first-order chi connectivity index (χ1) is 9.58. The predicted octanol–water partition coefficient (Wildman–Crippen LogP) is 3.32. The number of nitrogen functional groups attached to an aromatic ring is 1. The highest BCUT2D eigenvalue weighted by Gasteiger charge is 2.07. The molecule has 5 heteroatoms. The fourth-order valence-corrected chi connectivity index (χ4v) is 1.79. The van der Waals surface area contributed by atoms with Crippen LogP contribution in [0.2, 0.25) is 0 Å². The summed E-state index contributed by atoms with van der Waals surface area (Å²) in [5.41, 5.74) is 6.72. The van der Waals surface area contributed by atoms with E-state index in [1.54, 1.807) is 6.07 Å². The largest absolute Gasteiger partial charge is 0.494 e. The summed E-state index contributed by atoms with van der Waals surface area (Å²) in [6, 6.07) is 9.45. The summed E-state index contributed by atoms with van der Waals surface area (Å²) >= 11 is 0. The number of nitrogens with two attached hydrogens (primary N) is 1. The first-order valence-corrected chi connectivity index (χ1v) is 6.73. The van der Waals surface area contributed by atoms with Gasteiger partial charge in [-0.25, -0.2) is 9.97 Å². The van der Waals surface area contributed by atoms with Gasteiger partial charge in [-0.05, 0) is 19.1 Å². The SMILES string of the molecule is CCOc1cccc(Nc2cc(N)nc(C(C)C)n2)c1. The van der Waals surface area contributed by atoms with Crippen LogP contribution in [0.25, 0.3) is 0 Å². The van der Waals surface area contributed by atoms with Crippen molar-refractivity contribution in [1.29, 1.82) is 0 Å². The number of rotatable bonds is 5. The van der Waals surface area contributed by atoms with Crippen molar-refractivity contribution in [2.45, 2.75) is 26.7 Å². The van der Waals surface area contributed by atoms with Crippen LogP contribution in [0, 0.1) is 0 Å². The van der Waals surface area contributed by atoms with E-state index >= 15 is 0 Å². The van der Waals surface area contributed by atoms with E-state index in [1.165, 1.54) is 0 Å². The van der Waals surface area contributed by atoms with Crippen LogP contribution in [0.15, 0.2) is 30.3 Å². The monoisotopic (exact) mass is 272 g/mol. The number of anilines is 3. The zero-order valence-corrected chi connectivity index (χ0v) is 12.1. The van der Waals surface area contributed by atoms with Gasteiger partial charge in [-0.15, -0.1) is 0 Å². The predicted molar refractivity (Wildman–Crippen MR) is 81.4 cm³/mol. The van der Waals surface area contributed by atoms with E-state index in [2.05, 4.69) is 15.3 Å². The van der Waals surface area contributed by atoms with Gasteiger partial charge in [0.1, 0.15) is 23.2 Å². The van der Waals surface area contributed by atoms with Crippen LogP contribution in [0.5, 0.6) is 5.75 Å². The second-order valence-corrected chi connectivity index (χ2v) is 4.78. The van der Waals surface area contributed by atoms with Crippen LogP contribution in [0.1, 0.15) is 32.5 Å². The average molecular weight is 272 g/mol. The van der Waals surface area contributed by atoms with E-state index in [-0.39, 0.29) is 5.92 Å². The lowest BCUT2D eigenvalue weighted by Crippen LogP contribution is -2.05. The first kappa shape index (κ1) is 14.1. The summed E-state index contributed by atoms with van der Waals surface area (Å²) in [5, 5.41) is 3.23. The Morgan fingerprint density at radius 3 is 2.75 bits per heavy atom.